The molecule has 9 nitrogen and oxygen atoms in total. The molecular weight excluding hydrogens is 483 g/mol. The summed E-state index contributed by atoms with van der Waals surface area (Å²) in [6, 6.07) is 17.4. The van der Waals surface area contributed by atoms with Crippen LogP contribution < -0.4 is 10.2 Å². The monoisotopic (exact) mass is 515 g/mol. The van der Waals surface area contributed by atoms with Gasteiger partial charge in [0.05, 0.1) is 0 Å². The van der Waals surface area contributed by atoms with Gasteiger partial charge in [0, 0.05) is 63.7 Å². The van der Waals surface area contributed by atoms with Crippen LogP contribution >= 0.6 is 22.5 Å². The van der Waals surface area contributed by atoms with Crippen LogP contribution in [0.5, 0.6) is 0 Å². The smallest absolute Gasteiger partial charge is 0.244 e. The fraction of sp³-hybridized carbons (Fsp3) is 0.455. The summed E-state index contributed by atoms with van der Waals surface area (Å²) in [6.45, 7) is 12.8. The van der Waals surface area contributed by atoms with E-state index in [-0.39, 0.29) is 0 Å². The fourth-order valence-corrected chi connectivity index (χ4v) is 18.3. The lowest BCUT2D eigenvalue weighted by Gasteiger charge is -2.38. The van der Waals surface area contributed by atoms with Crippen molar-refractivity contribution in [3.63, 3.8) is 0 Å². The molecular formula is C22H32N9P3. The molecule has 2 atom stereocenters. The first kappa shape index (κ1) is 21.8. The molecule has 5 aliphatic heterocycles. The first-order valence-electron chi connectivity index (χ1n) is 12.1. The largest absolute Gasteiger partial charge is 0.323 e. The van der Waals surface area contributed by atoms with Crippen molar-refractivity contribution in [2.45, 2.75) is 13.8 Å². The van der Waals surface area contributed by atoms with Crippen molar-refractivity contribution in [3.8, 4) is 0 Å². The molecule has 0 aromatic heterocycles. The third kappa shape index (κ3) is 3.92. The maximum atomic E-state index is 5.73. The second-order valence-corrected chi connectivity index (χ2v) is 17.9. The van der Waals surface area contributed by atoms with E-state index in [9.17, 15) is 0 Å². The van der Waals surface area contributed by atoms with Crippen molar-refractivity contribution < 1.29 is 0 Å². The normalized spacial score (nSPS) is 32.2. The van der Waals surface area contributed by atoms with Gasteiger partial charge in [-0.15, -0.1) is 0 Å². The van der Waals surface area contributed by atoms with E-state index in [2.05, 4.69) is 91.2 Å². The highest BCUT2D eigenvalue weighted by Crippen LogP contribution is 2.84. The highest BCUT2D eigenvalue weighted by atomic mass is 31.3. The number of rotatable bonds is 8. The Morgan fingerprint density at radius 3 is 1.29 bits per heavy atom. The van der Waals surface area contributed by atoms with Crippen molar-refractivity contribution in [1.29, 1.82) is 0 Å². The van der Waals surface area contributed by atoms with Crippen LogP contribution in [0.25, 0.3) is 0 Å². The Hall–Kier alpha value is -1.43. The lowest BCUT2D eigenvalue weighted by atomic mass is 10.2. The van der Waals surface area contributed by atoms with E-state index in [0.29, 0.717) is 0 Å². The highest BCUT2D eigenvalue weighted by molar-refractivity contribution is 7.85. The van der Waals surface area contributed by atoms with Gasteiger partial charge in [-0.3, -0.25) is 0 Å². The van der Waals surface area contributed by atoms with Crippen LogP contribution in [-0.2, 0) is 0 Å². The van der Waals surface area contributed by atoms with Gasteiger partial charge in [-0.1, -0.05) is 35.4 Å². The van der Waals surface area contributed by atoms with Crippen LogP contribution in [0.2, 0.25) is 0 Å². The molecule has 2 aromatic carbocycles. The molecule has 2 N–H and O–H groups in total. The Morgan fingerprint density at radius 1 is 0.529 bits per heavy atom. The Bertz CT molecular complexity index is 1210. The molecule has 7 rings (SSSR count). The number of nitrogens with one attached hydrogen (secondary N) is 2. The van der Waals surface area contributed by atoms with E-state index in [0.717, 1.165) is 63.7 Å². The molecule has 0 aliphatic carbocycles. The van der Waals surface area contributed by atoms with Crippen molar-refractivity contribution in [3.05, 3.63) is 59.7 Å². The zero-order valence-electron chi connectivity index (χ0n) is 19.7. The van der Waals surface area contributed by atoms with Gasteiger partial charge in [0.25, 0.3) is 0 Å². The van der Waals surface area contributed by atoms with E-state index in [4.69, 9.17) is 13.5 Å². The fourth-order valence-electron chi connectivity index (χ4n) is 4.30. The second kappa shape index (κ2) is 7.78. The van der Waals surface area contributed by atoms with Crippen LogP contribution in [0, 0.1) is 13.8 Å². The van der Waals surface area contributed by atoms with Crippen molar-refractivity contribution in [1.82, 2.24) is 18.7 Å². The third-order valence-electron chi connectivity index (χ3n) is 6.64. The summed E-state index contributed by atoms with van der Waals surface area (Å²) >= 11 is 0. The number of anilines is 2. The maximum Gasteiger partial charge on any atom is 0.244 e. The zero-order valence-corrected chi connectivity index (χ0v) is 22.4. The minimum atomic E-state index is -2.37. The van der Waals surface area contributed by atoms with Crippen molar-refractivity contribution in [2.75, 3.05) is 62.5 Å². The van der Waals surface area contributed by atoms with Crippen LogP contribution in [0.3, 0.4) is 0 Å². The molecule has 12 heteroatoms. The summed E-state index contributed by atoms with van der Waals surface area (Å²) < 4.78 is 27.2. The lowest BCUT2D eigenvalue weighted by Crippen LogP contribution is -2.15. The summed E-state index contributed by atoms with van der Waals surface area (Å²) in [4.78, 5) is 0. The van der Waals surface area contributed by atoms with Crippen molar-refractivity contribution in [2.24, 2.45) is 13.5 Å². The Labute approximate surface area is 202 Å². The molecule has 0 saturated carbocycles. The molecule has 5 aliphatic rings. The molecule has 180 valence electrons. The lowest BCUT2D eigenvalue weighted by molar-refractivity contribution is 0.772. The number of hydrogen-bond donors (Lipinski definition) is 2. The SMILES string of the molecule is Cc1ccc(N[P@@]2(N3CC3)=NP(N3CC3)(N3CC3)=N[P@@](Nc3ccc(C)cc3)(N3CC3)=N2)cc1. The Kier molecular flexibility index (Phi) is 4.99. The quantitative estimate of drug-likeness (QED) is 0.335. The van der Waals surface area contributed by atoms with Crippen LogP contribution in [0.15, 0.2) is 62.1 Å². The summed E-state index contributed by atoms with van der Waals surface area (Å²) in [7, 11) is -6.90. The maximum absolute atomic E-state index is 5.73. The topological polar surface area (TPSA) is 73.2 Å². The van der Waals surface area contributed by atoms with Gasteiger partial charge in [0.15, 0.2) is 0 Å². The zero-order chi connectivity index (χ0) is 23.0. The molecule has 2 aromatic rings. The van der Waals surface area contributed by atoms with Gasteiger partial charge >= 0.3 is 0 Å². The van der Waals surface area contributed by atoms with Gasteiger partial charge in [-0.05, 0) is 38.1 Å². The number of hydrogen-bond acceptors (Lipinski definition) is 9. The summed E-state index contributed by atoms with van der Waals surface area (Å²) in [5.74, 6) is 0. The average Bonchev–Trinajstić information content (AvgIpc) is 3.68. The Balaban J connectivity index is 1.44. The highest BCUT2D eigenvalue weighted by Gasteiger charge is 2.55. The first-order chi connectivity index (χ1) is 16.5. The number of aryl methyl sites for hydroxylation is 2. The molecule has 4 fully saturated rings. The molecule has 5 heterocycles. The van der Waals surface area contributed by atoms with Crippen LogP contribution in [-0.4, -0.2) is 71.0 Å². The Morgan fingerprint density at radius 2 is 0.912 bits per heavy atom. The predicted octanol–water partition coefficient (Wildman–Crippen LogP) is 5.94. The minimum absolute atomic E-state index is 1.05. The van der Waals surface area contributed by atoms with E-state index >= 15 is 0 Å². The van der Waals surface area contributed by atoms with Gasteiger partial charge in [-0.2, -0.15) is 13.5 Å². The summed E-state index contributed by atoms with van der Waals surface area (Å²) in [6.07, 6.45) is 0. The minimum Gasteiger partial charge on any atom is -0.323 e. The molecule has 34 heavy (non-hydrogen) atoms. The van der Waals surface area contributed by atoms with Crippen LogP contribution in [0.1, 0.15) is 11.1 Å². The van der Waals surface area contributed by atoms with E-state index in [1.54, 1.807) is 0 Å². The summed E-state index contributed by atoms with van der Waals surface area (Å²) in [5, 5.41) is 7.83. The van der Waals surface area contributed by atoms with Crippen molar-refractivity contribution >= 4 is 33.9 Å². The van der Waals surface area contributed by atoms with Gasteiger partial charge < -0.3 is 10.2 Å². The first-order valence-corrected chi connectivity index (χ1v) is 17.0. The van der Waals surface area contributed by atoms with Crippen LogP contribution in [0.4, 0.5) is 11.4 Å². The predicted molar refractivity (Wildman–Crippen MR) is 144 cm³/mol. The molecule has 0 amide bonds. The van der Waals surface area contributed by atoms with Gasteiger partial charge in [-0.25, -0.2) is 18.7 Å². The van der Waals surface area contributed by atoms with E-state index in [1.165, 1.54) is 11.1 Å². The number of benzene rings is 2. The standard InChI is InChI=1S/C22H32N9P3/c1-19-3-7-21(8-4-19)23-32(28-11-12-28)25-33(29-13-14-29,24-22-9-5-20(2)6-10-22)27-34(26-32,30-15-16-30)31-17-18-31/h3-10,23-24H,11-18H2,1-2H3/t32-,33-/m0/s1. The van der Waals surface area contributed by atoms with E-state index < -0.39 is 22.5 Å². The summed E-state index contributed by atoms with van der Waals surface area (Å²) in [5.41, 5.74) is 4.74. The van der Waals surface area contributed by atoms with Gasteiger partial charge in [0.1, 0.15) is 0 Å². The van der Waals surface area contributed by atoms with Gasteiger partial charge in [0.2, 0.25) is 22.5 Å². The second-order valence-electron chi connectivity index (χ2n) is 9.71. The third-order valence-corrected chi connectivity index (χ3v) is 18.4. The average molecular weight is 515 g/mol. The molecule has 0 spiro atoms. The number of nitrogens with zero attached hydrogens (tertiary/aromatic N) is 7. The molecule has 0 unspecified atom stereocenters. The molecule has 4 saturated heterocycles. The molecule has 0 radical (unpaired) electrons. The molecule has 0 bridgehead atoms. The van der Waals surface area contributed by atoms with E-state index in [1.807, 2.05) is 0 Å².